The van der Waals surface area contributed by atoms with Gasteiger partial charge in [0.05, 0.1) is 36.6 Å². The molecule has 0 aliphatic carbocycles. The van der Waals surface area contributed by atoms with Crippen LogP contribution >= 0.6 is 22.7 Å². The van der Waals surface area contributed by atoms with E-state index < -0.39 is 30.7 Å². The van der Waals surface area contributed by atoms with Crippen LogP contribution in [0.15, 0.2) is 118 Å². The molecule has 0 saturated carbocycles. The van der Waals surface area contributed by atoms with Crippen molar-refractivity contribution >= 4 is 69.2 Å². The highest BCUT2D eigenvalue weighted by atomic mass is 32.1. The molecule has 1 atom stereocenters. The molecule has 0 unspecified atom stereocenters. The second-order valence-electron chi connectivity index (χ2n) is 13.0. The molecule has 1 aliphatic heterocycles. The Labute approximate surface area is 358 Å². The number of rotatable bonds is 17. The first kappa shape index (κ1) is 43.6. The van der Waals surface area contributed by atoms with E-state index in [0.29, 0.717) is 34.6 Å². The number of aromatic carboxylic acids is 1. The fourth-order valence-corrected chi connectivity index (χ4v) is 7.20. The number of carboxylic acids is 1. The summed E-state index contributed by atoms with van der Waals surface area (Å²) in [6, 6.07) is 25.5. The van der Waals surface area contributed by atoms with Gasteiger partial charge >= 0.3 is 19.1 Å². The maximum Gasteiger partial charge on any atom is 0.526 e. The summed E-state index contributed by atoms with van der Waals surface area (Å²) in [6.07, 6.45) is 3.48. The molecule has 2 aromatic carbocycles. The summed E-state index contributed by atoms with van der Waals surface area (Å²) in [5, 5.41) is 47.1. The maximum atomic E-state index is 12.8. The Balaban J connectivity index is 0.000000207. The van der Waals surface area contributed by atoms with Crippen molar-refractivity contribution in [2.45, 2.75) is 45.3 Å². The third-order valence-corrected chi connectivity index (χ3v) is 10.3. The van der Waals surface area contributed by atoms with Gasteiger partial charge in [-0.1, -0.05) is 64.9 Å². The Hall–Kier alpha value is -7.03. The number of ether oxygens (including phenoxy) is 1. The van der Waals surface area contributed by atoms with E-state index in [4.69, 9.17) is 14.2 Å². The Bertz CT molecular complexity index is 2460. The number of nitrogens with one attached hydrogen (secondary N) is 2. The van der Waals surface area contributed by atoms with Gasteiger partial charge in [-0.25, -0.2) is 19.6 Å². The summed E-state index contributed by atoms with van der Waals surface area (Å²) in [5.74, 6) is -2.81. The number of benzene rings is 2. The number of fused-ring (bicyclic) bond motifs is 1. The molecule has 0 amide bonds. The number of thiazole rings is 2. The smallest absolute Gasteiger partial charge is 0.526 e. The van der Waals surface area contributed by atoms with E-state index in [0.717, 1.165) is 17.0 Å². The van der Waals surface area contributed by atoms with Gasteiger partial charge in [0.15, 0.2) is 21.8 Å². The molecule has 7 rings (SSSR count). The summed E-state index contributed by atoms with van der Waals surface area (Å²) < 4.78 is 10.5. The molecule has 61 heavy (non-hydrogen) atoms. The Morgan fingerprint density at radius 3 is 2.05 bits per heavy atom. The summed E-state index contributed by atoms with van der Waals surface area (Å²) >= 11 is 2.62. The number of carbonyl (C=O) groups is 3. The molecule has 0 bridgehead atoms. The normalized spacial score (nSPS) is 13.5. The number of pyridine rings is 2. The number of carboxylic acid groups (broad SMARTS) is 1. The molecule has 6 aromatic rings. The molecule has 5 N–H and O–H groups in total. The molecule has 20 heteroatoms. The van der Waals surface area contributed by atoms with Crippen molar-refractivity contribution in [1.82, 2.24) is 19.9 Å². The Kier molecular flexibility index (Phi) is 15.6. The van der Waals surface area contributed by atoms with Crippen molar-refractivity contribution in [3.8, 4) is 5.75 Å². The fourth-order valence-electron chi connectivity index (χ4n) is 5.81. The van der Waals surface area contributed by atoms with Crippen LogP contribution in [0.3, 0.4) is 0 Å². The molecule has 4 aromatic heterocycles. The Morgan fingerprint density at radius 1 is 0.852 bits per heavy atom. The first-order chi connectivity index (χ1) is 29.7. The van der Waals surface area contributed by atoms with Crippen LogP contribution in [0.5, 0.6) is 5.75 Å². The summed E-state index contributed by atoms with van der Waals surface area (Å²) in [6.45, 7) is 3.20. The zero-order valence-electron chi connectivity index (χ0n) is 32.6. The van der Waals surface area contributed by atoms with Crippen LogP contribution in [0.1, 0.15) is 57.6 Å². The second kappa shape index (κ2) is 21.8. The number of Topliss-reactive ketones (excluding diaryl/α,β-unsaturated/α-hetero) is 1. The molecule has 0 fully saturated rings. The van der Waals surface area contributed by atoms with Crippen LogP contribution in [0.2, 0.25) is 5.82 Å². The highest BCUT2D eigenvalue weighted by Crippen LogP contribution is 2.36. The minimum absolute atomic E-state index is 0.0416. The number of esters is 1. The summed E-state index contributed by atoms with van der Waals surface area (Å²) in [4.78, 5) is 59.1. The standard InChI is InChI=1S/C21H19BN4O6S.C20H20N4O3S/c27-17(9-13-8-12-4-3-6-15(20(28)29)19(12)32-22(13)30)18(26-31)16-11-33-21(25-16)24-10-14-5-1-2-7-23-14;1-2-26-19(25)18(24-27-13-15-8-4-3-5-9-15)17-14-28-20(23-17)22-12-16-10-6-7-11-21-16/h1-7,11,13,30-31H,8-10H2,(H,24,25)(H,28,29);3-11,14H,2,12-13H2,1H3,(H,22,23)/b26-18-;24-18-/t13-;/m1./s1. The molecule has 0 radical (unpaired) electrons. The number of nitrogens with zero attached hydrogens (tertiary/aromatic N) is 6. The van der Waals surface area contributed by atoms with Crippen LogP contribution in [-0.4, -0.2) is 78.1 Å². The van der Waals surface area contributed by atoms with Gasteiger partial charge in [0.2, 0.25) is 5.71 Å². The van der Waals surface area contributed by atoms with E-state index in [9.17, 15) is 29.7 Å². The number of hydrogen-bond donors (Lipinski definition) is 5. The van der Waals surface area contributed by atoms with Gasteiger partial charge in [-0.3, -0.25) is 14.8 Å². The van der Waals surface area contributed by atoms with E-state index >= 15 is 0 Å². The van der Waals surface area contributed by atoms with Crippen LogP contribution in [0, 0.1) is 0 Å². The lowest BCUT2D eigenvalue weighted by Gasteiger charge is -2.27. The van der Waals surface area contributed by atoms with Crippen molar-refractivity contribution in [3.05, 3.63) is 148 Å². The van der Waals surface area contributed by atoms with Gasteiger partial charge in [0.25, 0.3) is 0 Å². The number of ketones is 1. The fraction of sp³-hybridized carbons (Fsp3) is 0.195. The van der Waals surface area contributed by atoms with Crippen molar-refractivity contribution in [2.24, 2.45) is 10.3 Å². The largest absolute Gasteiger partial charge is 0.535 e. The third-order valence-electron chi connectivity index (χ3n) is 8.75. The maximum absolute atomic E-state index is 12.8. The van der Waals surface area contributed by atoms with E-state index in [1.807, 2.05) is 66.7 Å². The van der Waals surface area contributed by atoms with Gasteiger partial charge in [0, 0.05) is 35.4 Å². The van der Waals surface area contributed by atoms with Crippen molar-refractivity contribution in [1.29, 1.82) is 0 Å². The number of para-hydroxylation sites is 1. The minimum atomic E-state index is -1.38. The monoisotopic (exact) mass is 862 g/mol. The minimum Gasteiger partial charge on any atom is -0.535 e. The molecule has 312 valence electrons. The third kappa shape index (κ3) is 12.3. The highest BCUT2D eigenvalue weighted by Gasteiger charge is 2.39. The van der Waals surface area contributed by atoms with E-state index in [2.05, 4.69) is 40.9 Å². The van der Waals surface area contributed by atoms with Crippen LogP contribution in [0.4, 0.5) is 10.3 Å². The van der Waals surface area contributed by atoms with Crippen LogP contribution < -0.4 is 15.3 Å². The molecule has 5 heterocycles. The van der Waals surface area contributed by atoms with Crippen molar-refractivity contribution in [2.75, 3.05) is 17.2 Å². The van der Waals surface area contributed by atoms with Gasteiger partial charge in [0.1, 0.15) is 23.7 Å². The number of anilines is 2. The van der Waals surface area contributed by atoms with Gasteiger partial charge in [-0.05, 0) is 54.8 Å². The van der Waals surface area contributed by atoms with Gasteiger partial charge in [-0.2, -0.15) is 0 Å². The molecule has 17 nitrogen and oxygen atoms in total. The first-order valence-electron chi connectivity index (χ1n) is 18.8. The van der Waals surface area contributed by atoms with E-state index in [-0.39, 0.29) is 54.5 Å². The molecule has 1 aliphatic rings. The highest BCUT2D eigenvalue weighted by molar-refractivity contribution is 7.14. The van der Waals surface area contributed by atoms with Gasteiger partial charge in [-0.15, -0.1) is 22.7 Å². The molecular formula is C41H39BN8O9S2. The zero-order chi connectivity index (χ0) is 43.0. The van der Waals surface area contributed by atoms with Crippen LogP contribution in [0.25, 0.3) is 0 Å². The SMILES string of the molecule is CCOC(=O)/C(=N\OCc1ccccc1)c1csc(NCc2ccccn2)n1.O=C(C[C@H]1Cc2cccc(C(=O)O)c2OB1O)/C(=N\O)c1csc(NCc2ccccn2)n1. The number of hydrogen-bond acceptors (Lipinski definition) is 18. The molecule has 0 saturated heterocycles. The lowest BCUT2D eigenvalue weighted by Crippen LogP contribution is -2.36. The zero-order valence-corrected chi connectivity index (χ0v) is 34.2. The van der Waals surface area contributed by atoms with E-state index in [1.165, 1.54) is 28.7 Å². The predicted molar refractivity (Wildman–Crippen MR) is 229 cm³/mol. The first-order valence-corrected chi connectivity index (χ1v) is 20.5. The van der Waals surface area contributed by atoms with Crippen molar-refractivity contribution < 1.29 is 44.0 Å². The average Bonchev–Trinajstić information content (AvgIpc) is 3.95. The number of carbonyl (C=O) groups excluding carboxylic acids is 2. The lowest BCUT2D eigenvalue weighted by molar-refractivity contribution is -0.135. The molecule has 0 spiro atoms. The van der Waals surface area contributed by atoms with Crippen molar-refractivity contribution in [3.63, 3.8) is 0 Å². The molecular weight excluding hydrogens is 823 g/mol. The summed E-state index contributed by atoms with van der Waals surface area (Å²) in [7, 11) is -1.38. The quantitative estimate of drug-likeness (QED) is 0.0229. The predicted octanol–water partition coefficient (Wildman–Crippen LogP) is 6.11. The number of oxime groups is 2. The van der Waals surface area contributed by atoms with Gasteiger partial charge < -0.3 is 40.2 Å². The summed E-state index contributed by atoms with van der Waals surface area (Å²) in [5.41, 5.74) is 3.61. The average molecular weight is 863 g/mol. The van der Waals surface area contributed by atoms with E-state index in [1.54, 1.807) is 42.2 Å². The number of aromatic nitrogens is 4. The van der Waals surface area contributed by atoms with Crippen LogP contribution in [-0.2, 0) is 45.3 Å². The topological polar surface area (TPSA) is 240 Å². The Morgan fingerprint density at radius 2 is 1.48 bits per heavy atom. The second-order valence-corrected chi connectivity index (χ2v) is 14.7. The lowest BCUT2D eigenvalue weighted by atomic mass is 9.64.